The first-order valence-electron chi connectivity index (χ1n) is 10.5. The first-order valence-corrected chi connectivity index (χ1v) is 10.5. The summed E-state index contributed by atoms with van der Waals surface area (Å²) in [6.07, 6.45) is 5.53. The van der Waals surface area contributed by atoms with E-state index in [0.29, 0.717) is 0 Å². The van der Waals surface area contributed by atoms with Gasteiger partial charge in [0, 0.05) is 24.5 Å². The van der Waals surface area contributed by atoms with Gasteiger partial charge in [-0.1, -0.05) is 49.2 Å². The number of hydrogen-bond donors (Lipinski definition) is 0. The van der Waals surface area contributed by atoms with Gasteiger partial charge in [-0.15, -0.1) is 0 Å². The third-order valence-corrected chi connectivity index (χ3v) is 6.71. The molecule has 2 atom stereocenters. The molecule has 0 aromatic heterocycles. The van der Waals surface area contributed by atoms with E-state index in [9.17, 15) is 9.59 Å². The van der Waals surface area contributed by atoms with Gasteiger partial charge < -0.3 is 9.80 Å². The summed E-state index contributed by atoms with van der Waals surface area (Å²) in [5.74, 6) is -0.0914. The molecule has 2 unspecified atom stereocenters. The second kappa shape index (κ2) is 7.08. The maximum Gasteiger partial charge on any atom is 0.230 e. The second-order valence-electron chi connectivity index (χ2n) is 8.23. The van der Waals surface area contributed by atoms with Crippen LogP contribution in [0.25, 0.3) is 0 Å². The number of carbonyl (C=O) groups excluding carboxylic acids is 2. The lowest BCUT2D eigenvalue weighted by Crippen LogP contribution is -2.46. The molecular formula is C24H26N2O2. The predicted octanol–water partition coefficient (Wildman–Crippen LogP) is 3.97. The average Bonchev–Trinajstić information content (AvgIpc) is 3.37. The maximum absolute atomic E-state index is 13.5. The van der Waals surface area contributed by atoms with Crippen molar-refractivity contribution in [3.8, 4) is 0 Å². The predicted molar refractivity (Wildman–Crippen MR) is 110 cm³/mol. The summed E-state index contributed by atoms with van der Waals surface area (Å²) in [5.41, 5.74) is 4.55. The van der Waals surface area contributed by atoms with Gasteiger partial charge in [-0.05, 0) is 48.9 Å². The van der Waals surface area contributed by atoms with E-state index in [-0.39, 0.29) is 23.7 Å². The summed E-state index contributed by atoms with van der Waals surface area (Å²) < 4.78 is 0. The van der Waals surface area contributed by atoms with Crippen molar-refractivity contribution in [1.29, 1.82) is 0 Å². The fraction of sp³-hybridized carbons (Fsp3) is 0.417. The lowest BCUT2D eigenvalue weighted by Gasteiger charge is -2.35. The Hall–Kier alpha value is -2.62. The van der Waals surface area contributed by atoms with Gasteiger partial charge in [-0.3, -0.25) is 9.59 Å². The molecule has 144 valence electrons. The molecule has 0 radical (unpaired) electrons. The molecule has 0 N–H and O–H groups in total. The number of para-hydroxylation sites is 2. The van der Waals surface area contributed by atoms with E-state index < -0.39 is 0 Å². The van der Waals surface area contributed by atoms with Crippen LogP contribution in [0.3, 0.4) is 0 Å². The van der Waals surface area contributed by atoms with E-state index in [1.54, 1.807) is 0 Å². The number of anilines is 2. The van der Waals surface area contributed by atoms with Crippen LogP contribution in [0.4, 0.5) is 11.4 Å². The molecule has 1 aliphatic carbocycles. The van der Waals surface area contributed by atoms with Gasteiger partial charge in [0.1, 0.15) is 0 Å². The first-order chi connectivity index (χ1) is 13.7. The molecule has 2 heterocycles. The van der Waals surface area contributed by atoms with Crippen molar-refractivity contribution in [2.24, 2.45) is 11.8 Å². The molecule has 0 bridgehead atoms. The Kier molecular flexibility index (Phi) is 4.42. The minimum atomic E-state index is -0.194. The van der Waals surface area contributed by atoms with Crippen molar-refractivity contribution in [2.75, 3.05) is 22.9 Å². The first kappa shape index (κ1) is 17.5. The van der Waals surface area contributed by atoms with Crippen LogP contribution in [0.5, 0.6) is 0 Å². The Balaban J connectivity index is 1.40. The highest BCUT2D eigenvalue weighted by atomic mass is 16.2. The van der Waals surface area contributed by atoms with Gasteiger partial charge in [0.05, 0.1) is 11.8 Å². The zero-order chi connectivity index (χ0) is 19.1. The Morgan fingerprint density at radius 2 is 1.11 bits per heavy atom. The average molecular weight is 374 g/mol. The van der Waals surface area contributed by atoms with E-state index >= 15 is 0 Å². The number of hydrogen-bond acceptors (Lipinski definition) is 2. The van der Waals surface area contributed by atoms with Crippen molar-refractivity contribution >= 4 is 23.2 Å². The van der Waals surface area contributed by atoms with Crippen LogP contribution in [-0.4, -0.2) is 24.9 Å². The number of amides is 2. The topological polar surface area (TPSA) is 40.6 Å². The van der Waals surface area contributed by atoms with Crippen molar-refractivity contribution in [1.82, 2.24) is 0 Å². The molecule has 5 rings (SSSR count). The van der Waals surface area contributed by atoms with Crippen LogP contribution in [0.1, 0.15) is 36.8 Å². The minimum absolute atomic E-state index is 0.149. The van der Waals surface area contributed by atoms with Crippen LogP contribution in [-0.2, 0) is 22.4 Å². The van der Waals surface area contributed by atoms with Crippen molar-refractivity contribution in [3.63, 3.8) is 0 Å². The van der Waals surface area contributed by atoms with Gasteiger partial charge in [-0.2, -0.15) is 0 Å². The van der Waals surface area contributed by atoms with E-state index in [1.807, 2.05) is 46.2 Å². The van der Waals surface area contributed by atoms with Gasteiger partial charge >= 0.3 is 0 Å². The lowest BCUT2D eigenvalue weighted by molar-refractivity contribution is -0.133. The van der Waals surface area contributed by atoms with E-state index in [0.717, 1.165) is 63.0 Å². The van der Waals surface area contributed by atoms with E-state index in [2.05, 4.69) is 12.1 Å². The third kappa shape index (κ3) is 2.83. The minimum Gasteiger partial charge on any atom is -0.312 e. The molecule has 0 saturated heterocycles. The van der Waals surface area contributed by atoms with E-state index in [4.69, 9.17) is 0 Å². The Morgan fingerprint density at radius 1 is 0.679 bits per heavy atom. The lowest BCUT2D eigenvalue weighted by atomic mass is 9.77. The number of nitrogens with zero attached hydrogens (tertiary/aromatic N) is 2. The summed E-state index contributed by atoms with van der Waals surface area (Å²) in [7, 11) is 0. The van der Waals surface area contributed by atoms with Gasteiger partial charge in [-0.25, -0.2) is 0 Å². The Morgan fingerprint density at radius 3 is 1.57 bits per heavy atom. The highest BCUT2D eigenvalue weighted by molar-refractivity contribution is 6.03. The molecular weight excluding hydrogens is 348 g/mol. The molecule has 2 aromatic rings. The molecule has 2 amide bonds. The molecule has 1 fully saturated rings. The number of carbonyl (C=O) groups is 2. The fourth-order valence-corrected chi connectivity index (χ4v) is 5.26. The summed E-state index contributed by atoms with van der Waals surface area (Å²) in [6, 6.07) is 16.3. The van der Waals surface area contributed by atoms with Crippen molar-refractivity contribution in [3.05, 3.63) is 59.7 Å². The van der Waals surface area contributed by atoms with Crippen LogP contribution in [0.15, 0.2) is 48.5 Å². The smallest absolute Gasteiger partial charge is 0.230 e. The summed E-state index contributed by atoms with van der Waals surface area (Å²) in [5, 5.41) is 0. The molecule has 2 aromatic carbocycles. The highest BCUT2D eigenvalue weighted by Crippen LogP contribution is 2.38. The van der Waals surface area contributed by atoms with Crippen molar-refractivity contribution < 1.29 is 9.59 Å². The summed E-state index contributed by atoms with van der Waals surface area (Å²) in [6.45, 7) is 1.48. The molecule has 4 heteroatoms. The SMILES string of the molecule is O=C(C1CCCCC1C(=O)N1CCc2ccccc21)N1CCc2ccccc21. The molecule has 3 aliphatic rings. The van der Waals surface area contributed by atoms with Crippen molar-refractivity contribution in [2.45, 2.75) is 38.5 Å². The number of benzene rings is 2. The normalized spacial score (nSPS) is 23.4. The van der Waals surface area contributed by atoms with Gasteiger partial charge in [0.25, 0.3) is 0 Å². The standard InChI is InChI=1S/C24H26N2O2/c27-23(25-15-13-17-7-1-5-11-21(17)25)19-9-3-4-10-20(19)24(28)26-16-14-18-8-2-6-12-22(18)26/h1-2,5-8,11-12,19-20H,3-4,9-10,13-16H2. The summed E-state index contributed by atoms with van der Waals surface area (Å²) >= 11 is 0. The zero-order valence-corrected chi connectivity index (χ0v) is 16.1. The van der Waals surface area contributed by atoms with Gasteiger partial charge in [0.15, 0.2) is 0 Å². The zero-order valence-electron chi connectivity index (χ0n) is 16.1. The molecule has 28 heavy (non-hydrogen) atoms. The highest BCUT2D eigenvalue weighted by Gasteiger charge is 2.42. The molecule has 4 nitrogen and oxygen atoms in total. The Bertz CT molecular complexity index is 847. The second-order valence-corrected chi connectivity index (χ2v) is 8.23. The van der Waals surface area contributed by atoms with Gasteiger partial charge in [0.2, 0.25) is 11.8 Å². The molecule has 1 saturated carbocycles. The maximum atomic E-state index is 13.5. The fourth-order valence-electron chi connectivity index (χ4n) is 5.26. The third-order valence-electron chi connectivity index (χ3n) is 6.71. The number of fused-ring (bicyclic) bond motifs is 2. The molecule has 2 aliphatic heterocycles. The van der Waals surface area contributed by atoms with Crippen LogP contribution >= 0.6 is 0 Å². The number of rotatable bonds is 2. The van der Waals surface area contributed by atoms with E-state index in [1.165, 1.54) is 11.1 Å². The molecule has 0 spiro atoms. The quantitative estimate of drug-likeness (QED) is 0.798. The monoisotopic (exact) mass is 374 g/mol. The Labute approximate surface area is 166 Å². The summed E-state index contributed by atoms with van der Waals surface area (Å²) in [4.78, 5) is 30.9. The van der Waals surface area contributed by atoms with Crippen LogP contribution in [0.2, 0.25) is 0 Å². The largest absolute Gasteiger partial charge is 0.312 e. The van der Waals surface area contributed by atoms with Crippen LogP contribution in [0, 0.1) is 11.8 Å². The van der Waals surface area contributed by atoms with Crippen LogP contribution < -0.4 is 9.80 Å².